The van der Waals surface area contributed by atoms with E-state index in [0.29, 0.717) is 0 Å². The number of benzene rings is 1. The summed E-state index contributed by atoms with van der Waals surface area (Å²) in [5.41, 5.74) is 2.60. The van der Waals surface area contributed by atoms with Gasteiger partial charge in [0.1, 0.15) is 5.58 Å². The van der Waals surface area contributed by atoms with E-state index in [9.17, 15) is 9.59 Å². The molecule has 0 aliphatic carbocycles. The fourth-order valence-corrected chi connectivity index (χ4v) is 2.14. The van der Waals surface area contributed by atoms with E-state index in [1.165, 1.54) is 4.90 Å². The van der Waals surface area contributed by atoms with Crippen LogP contribution in [0.3, 0.4) is 0 Å². The van der Waals surface area contributed by atoms with Crippen molar-refractivity contribution in [2.75, 3.05) is 14.1 Å². The molecule has 5 heteroatoms. The van der Waals surface area contributed by atoms with Crippen LogP contribution in [-0.2, 0) is 20.7 Å². The number of amides is 1. The average molecular weight is 289 g/mol. The summed E-state index contributed by atoms with van der Waals surface area (Å²) in [6.45, 7) is 3.54. The summed E-state index contributed by atoms with van der Waals surface area (Å²) < 4.78 is 10.6. The summed E-state index contributed by atoms with van der Waals surface area (Å²) in [6, 6.07) is 5.80. The second-order valence-electron chi connectivity index (χ2n) is 5.30. The van der Waals surface area contributed by atoms with Crippen molar-refractivity contribution in [2.24, 2.45) is 0 Å². The maximum atomic E-state index is 11.9. The fraction of sp³-hybridized carbons (Fsp3) is 0.375. The number of hydrogen-bond donors (Lipinski definition) is 0. The standard InChI is InChI=1S/C16H19NO4/c1-10-5-6-13-12(9-20-14(13)7-10)8-15(18)21-11(2)16(19)17(3)4/h5-7,9,11H,8H2,1-4H3/t11-/m1/s1. The van der Waals surface area contributed by atoms with Gasteiger partial charge in [-0.1, -0.05) is 12.1 Å². The van der Waals surface area contributed by atoms with Crippen LogP contribution in [0.4, 0.5) is 0 Å². The monoisotopic (exact) mass is 289 g/mol. The minimum Gasteiger partial charge on any atom is -0.464 e. The summed E-state index contributed by atoms with van der Waals surface area (Å²) in [7, 11) is 3.25. The first-order chi connectivity index (χ1) is 9.88. The third-order valence-electron chi connectivity index (χ3n) is 3.24. The lowest BCUT2D eigenvalue weighted by Gasteiger charge is -2.17. The Balaban J connectivity index is 2.06. The highest BCUT2D eigenvalue weighted by molar-refractivity contribution is 5.87. The zero-order chi connectivity index (χ0) is 15.6. The Kier molecular flexibility index (Phi) is 4.31. The largest absolute Gasteiger partial charge is 0.464 e. The van der Waals surface area contributed by atoms with E-state index in [-0.39, 0.29) is 12.3 Å². The first-order valence-corrected chi connectivity index (χ1v) is 6.76. The maximum absolute atomic E-state index is 11.9. The molecule has 1 aromatic carbocycles. The summed E-state index contributed by atoms with van der Waals surface area (Å²) >= 11 is 0. The van der Waals surface area contributed by atoms with E-state index in [4.69, 9.17) is 9.15 Å². The van der Waals surface area contributed by atoms with Crippen molar-refractivity contribution in [1.82, 2.24) is 4.90 Å². The Morgan fingerprint density at radius 1 is 1.33 bits per heavy atom. The van der Waals surface area contributed by atoms with E-state index in [1.54, 1.807) is 27.3 Å². The van der Waals surface area contributed by atoms with Gasteiger partial charge in [-0.15, -0.1) is 0 Å². The van der Waals surface area contributed by atoms with Gasteiger partial charge in [0.05, 0.1) is 12.7 Å². The number of esters is 1. The molecule has 1 heterocycles. The maximum Gasteiger partial charge on any atom is 0.311 e. The number of aryl methyl sites for hydroxylation is 1. The normalized spacial score (nSPS) is 12.2. The molecule has 1 aromatic heterocycles. The first-order valence-electron chi connectivity index (χ1n) is 6.76. The number of nitrogens with zero attached hydrogens (tertiary/aromatic N) is 1. The molecule has 1 atom stereocenters. The molecule has 0 fully saturated rings. The SMILES string of the molecule is Cc1ccc2c(CC(=O)O[C@H](C)C(=O)N(C)C)coc2c1. The highest BCUT2D eigenvalue weighted by atomic mass is 16.5. The van der Waals surface area contributed by atoms with Crippen molar-refractivity contribution in [3.05, 3.63) is 35.6 Å². The van der Waals surface area contributed by atoms with E-state index >= 15 is 0 Å². The molecular formula is C16H19NO4. The molecule has 0 saturated carbocycles. The van der Waals surface area contributed by atoms with Crippen LogP contribution >= 0.6 is 0 Å². The van der Waals surface area contributed by atoms with E-state index in [0.717, 1.165) is 22.1 Å². The van der Waals surface area contributed by atoms with Crippen LogP contribution < -0.4 is 0 Å². The van der Waals surface area contributed by atoms with Crippen LogP contribution in [-0.4, -0.2) is 37.0 Å². The van der Waals surface area contributed by atoms with Gasteiger partial charge in [0.2, 0.25) is 0 Å². The summed E-state index contributed by atoms with van der Waals surface area (Å²) in [5, 5.41) is 0.893. The molecule has 112 valence electrons. The molecule has 2 aromatic rings. The lowest BCUT2D eigenvalue weighted by molar-refractivity contribution is -0.157. The van der Waals surface area contributed by atoms with Crippen LogP contribution in [0.25, 0.3) is 11.0 Å². The molecule has 0 unspecified atom stereocenters. The molecule has 0 aliphatic heterocycles. The molecular weight excluding hydrogens is 270 g/mol. The Hall–Kier alpha value is -2.30. The van der Waals surface area contributed by atoms with Crippen LogP contribution in [0.5, 0.6) is 0 Å². The zero-order valence-electron chi connectivity index (χ0n) is 12.7. The van der Waals surface area contributed by atoms with Crippen molar-refractivity contribution < 1.29 is 18.7 Å². The van der Waals surface area contributed by atoms with Gasteiger partial charge in [0.25, 0.3) is 5.91 Å². The van der Waals surface area contributed by atoms with E-state index in [1.807, 2.05) is 25.1 Å². The lowest BCUT2D eigenvalue weighted by atomic mass is 10.1. The number of carbonyl (C=O) groups excluding carboxylic acids is 2. The number of rotatable bonds is 4. The number of ether oxygens (including phenoxy) is 1. The molecule has 0 saturated heterocycles. The molecule has 0 N–H and O–H groups in total. The Morgan fingerprint density at radius 2 is 2.05 bits per heavy atom. The Morgan fingerprint density at radius 3 is 2.71 bits per heavy atom. The predicted octanol–water partition coefficient (Wildman–Crippen LogP) is 2.30. The third kappa shape index (κ3) is 3.42. The van der Waals surface area contributed by atoms with Gasteiger partial charge in [-0.3, -0.25) is 9.59 Å². The molecule has 5 nitrogen and oxygen atoms in total. The van der Waals surface area contributed by atoms with Crippen molar-refractivity contribution in [3.63, 3.8) is 0 Å². The highest BCUT2D eigenvalue weighted by Crippen LogP contribution is 2.23. The average Bonchev–Trinajstić information content (AvgIpc) is 2.79. The van der Waals surface area contributed by atoms with Gasteiger partial charge in [-0.05, 0) is 25.5 Å². The topological polar surface area (TPSA) is 59.8 Å². The zero-order valence-corrected chi connectivity index (χ0v) is 12.7. The van der Waals surface area contributed by atoms with Crippen molar-refractivity contribution in [3.8, 4) is 0 Å². The van der Waals surface area contributed by atoms with Gasteiger partial charge < -0.3 is 14.1 Å². The second-order valence-corrected chi connectivity index (χ2v) is 5.30. The van der Waals surface area contributed by atoms with Crippen LogP contribution in [0.2, 0.25) is 0 Å². The van der Waals surface area contributed by atoms with Gasteiger partial charge in [-0.25, -0.2) is 0 Å². The lowest BCUT2D eigenvalue weighted by Crippen LogP contribution is -2.35. The molecule has 2 rings (SSSR count). The molecule has 1 amide bonds. The second kappa shape index (κ2) is 5.99. The summed E-state index contributed by atoms with van der Waals surface area (Å²) in [4.78, 5) is 25.0. The molecule has 0 aliphatic rings. The fourth-order valence-electron chi connectivity index (χ4n) is 2.14. The van der Waals surface area contributed by atoms with Crippen molar-refractivity contribution in [1.29, 1.82) is 0 Å². The molecule has 0 radical (unpaired) electrons. The predicted molar refractivity (Wildman–Crippen MR) is 78.9 cm³/mol. The highest BCUT2D eigenvalue weighted by Gasteiger charge is 2.20. The number of fused-ring (bicyclic) bond motifs is 1. The van der Waals surface area contributed by atoms with Crippen molar-refractivity contribution in [2.45, 2.75) is 26.4 Å². The van der Waals surface area contributed by atoms with E-state index in [2.05, 4.69) is 0 Å². The van der Waals surface area contributed by atoms with E-state index < -0.39 is 12.1 Å². The first kappa shape index (κ1) is 15.1. The number of hydrogen-bond acceptors (Lipinski definition) is 4. The minimum absolute atomic E-state index is 0.0844. The number of furan rings is 1. The molecule has 0 bridgehead atoms. The van der Waals surface area contributed by atoms with Gasteiger partial charge in [-0.2, -0.15) is 0 Å². The molecule has 0 spiro atoms. The van der Waals surface area contributed by atoms with Crippen LogP contribution in [0.15, 0.2) is 28.9 Å². The summed E-state index contributed by atoms with van der Waals surface area (Å²) in [5.74, 6) is -0.683. The van der Waals surface area contributed by atoms with Crippen LogP contribution in [0, 0.1) is 6.92 Å². The van der Waals surface area contributed by atoms with Crippen LogP contribution in [0.1, 0.15) is 18.1 Å². The van der Waals surface area contributed by atoms with Crippen molar-refractivity contribution >= 4 is 22.8 Å². The Labute approximate surface area is 123 Å². The number of likely N-dealkylation sites (N-methyl/N-ethyl adjacent to an activating group) is 1. The van der Waals surface area contributed by atoms with Gasteiger partial charge in [0.15, 0.2) is 6.10 Å². The smallest absolute Gasteiger partial charge is 0.311 e. The quantitative estimate of drug-likeness (QED) is 0.810. The van der Waals surface area contributed by atoms with Gasteiger partial charge >= 0.3 is 5.97 Å². The minimum atomic E-state index is -0.784. The van der Waals surface area contributed by atoms with Gasteiger partial charge in [0, 0.05) is 25.0 Å². The molecule has 21 heavy (non-hydrogen) atoms. The Bertz CT molecular complexity index is 672. The summed E-state index contributed by atoms with van der Waals surface area (Å²) in [6.07, 6.45) is 0.859. The number of carbonyl (C=O) groups is 2. The third-order valence-corrected chi connectivity index (χ3v) is 3.24.